The Labute approximate surface area is 92.6 Å². The Bertz CT molecular complexity index is 309. The van der Waals surface area contributed by atoms with Gasteiger partial charge in [-0.25, -0.2) is 4.79 Å². The van der Waals surface area contributed by atoms with Crippen molar-refractivity contribution in [2.75, 3.05) is 32.8 Å². The molecular weight excluding hydrogens is 214 g/mol. The number of carboxylic acid groups (broad SMARTS) is 1. The molecule has 0 bridgehead atoms. The van der Waals surface area contributed by atoms with E-state index in [1.165, 1.54) is 4.90 Å². The third kappa shape index (κ3) is 1.96. The number of aliphatic hydroxyl groups excluding tert-OH is 1. The summed E-state index contributed by atoms with van der Waals surface area (Å²) >= 11 is 0. The summed E-state index contributed by atoms with van der Waals surface area (Å²) in [6, 6.07) is -0.646. The Hall–Kier alpha value is -1.34. The van der Waals surface area contributed by atoms with E-state index in [0.29, 0.717) is 19.6 Å². The van der Waals surface area contributed by atoms with Crippen molar-refractivity contribution < 1.29 is 19.8 Å². The third-order valence-corrected chi connectivity index (χ3v) is 3.09. The van der Waals surface area contributed by atoms with E-state index in [0.717, 1.165) is 0 Å². The molecule has 0 radical (unpaired) electrons. The van der Waals surface area contributed by atoms with E-state index in [9.17, 15) is 9.59 Å². The number of hydrogen-bond acceptors (Lipinski definition) is 4. The number of nitrogens with zero attached hydrogens (tertiary/aromatic N) is 2. The van der Waals surface area contributed by atoms with Gasteiger partial charge in [0.25, 0.3) is 0 Å². The molecular formula is C9H15N3O4. The standard InChI is InChI=1S/C9H15N3O4/c13-5-6-3-11-1-2-12(9(15)16)4-7(11)8(14)10-6/h6-7,13H,1-5H2,(H,10,14)(H,15,16)/t6-,7?/m0/s1. The van der Waals surface area contributed by atoms with Crippen LogP contribution in [0.2, 0.25) is 0 Å². The fraction of sp³-hybridized carbons (Fsp3) is 0.778. The van der Waals surface area contributed by atoms with Crippen molar-refractivity contribution >= 4 is 12.0 Å². The van der Waals surface area contributed by atoms with Crippen LogP contribution in [0.1, 0.15) is 0 Å². The molecule has 2 heterocycles. The van der Waals surface area contributed by atoms with Gasteiger partial charge in [-0.3, -0.25) is 9.69 Å². The molecule has 0 aromatic rings. The van der Waals surface area contributed by atoms with Crippen LogP contribution in [-0.2, 0) is 4.79 Å². The first-order valence-corrected chi connectivity index (χ1v) is 5.25. The molecule has 2 amide bonds. The Morgan fingerprint density at radius 3 is 2.81 bits per heavy atom. The Morgan fingerprint density at radius 1 is 1.44 bits per heavy atom. The molecule has 3 N–H and O–H groups in total. The molecule has 2 rings (SSSR count). The van der Waals surface area contributed by atoms with E-state index in [-0.39, 0.29) is 25.1 Å². The number of carbonyl (C=O) groups excluding carboxylic acids is 1. The first kappa shape index (κ1) is 11.2. The Balaban J connectivity index is 2.04. The van der Waals surface area contributed by atoms with Crippen LogP contribution in [0.3, 0.4) is 0 Å². The van der Waals surface area contributed by atoms with Gasteiger partial charge in [0.1, 0.15) is 6.04 Å². The number of rotatable bonds is 1. The highest BCUT2D eigenvalue weighted by Crippen LogP contribution is 2.14. The van der Waals surface area contributed by atoms with Crippen LogP contribution in [0, 0.1) is 0 Å². The van der Waals surface area contributed by atoms with Crippen molar-refractivity contribution in [2.45, 2.75) is 12.1 Å². The first-order valence-electron chi connectivity index (χ1n) is 5.25. The normalized spacial score (nSPS) is 30.8. The lowest BCUT2D eigenvalue weighted by atomic mass is 10.1. The topological polar surface area (TPSA) is 93.1 Å². The van der Waals surface area contributed by atoms with Crippen molar-refractivity contribution in [1.29, 1.82) is 0 Å². The van der Waals surface area contributed by atoms with Gasteiger partial charge < -0.3 is 20.4 Å². The van der Waals surface area contributed by atoms with Crippen molar-refractivity contribution in [2.24, 2.45) is 0 Å². The second-order valence-corrected chi connectivity index (χ2v) is 4.13. The second kappa shape index (κ2) is 4.26. The molecule has 1 unspecified atom stereocenters. The van der Waals surface area contributed by atoms with E-state index in [4.69, 9.17) is 10.2 Å². The lowest BCUT2D eigenvalue weighted by Crippen LogP contribution is -2.67. The molecule has 2 saturated heterocycles. The fourth-order valence-electron chi connectivity index (χ4n) is 2.19. The summed E-state index contributed by atoms with van der Waals surface area (Å²) in [5.74, 6) is -0.198. The minimum atomic E-state index is -0.989. The van der Waals surface area contributed by atoms with E-state index < -0.39 is 12.1 Å². The predicted molar refractivity (Wildman–Crippen MR) is 54.0 cm³/mol. The summed E-state index contributed by atoms with van der Waals surface area (Å²) in [4.78, 5) is 25.7. The second-order valence-electron chi connectivity index (χ2n) is 4.13. The molecule has 16 heavy (non-hydrogen) atoms. The van der Waals surface area contributed by atoms with Gasteiger partial charge in [-0.15, -0.1) is 0 Å². The molecule has 90 valence electrons. The Kier molecular flexibility index (Phi) is 2.97. The van der Waals surface area contributed by atoms with E-state index in [1.807, 2.05) is 4.90 Å². The van der Waals surface area contributed by atoms with E-state index >= 15 is 0 Å². The summed E-state index contributed by atoms with van der Waals surface area (Å²) in [6.45, 7) is 1.66. The predicted octanol–water partition coefficient (Wildman–Crippen LogP) is -1.86. The molecule has 2 atom stereocenters. The molecule has 2 fully saturated rings. The number of carbonyl (C=O) groups is 2. The number of aliphatic hydroxyl groups is 1. The molecule has 0 aromatic carbocycles. The van der Waals surface area contributed by atoms with Crippen LogP contribution in [0.15, 0.2) is 0 Å². The quantitative estimate of drug-likeness (QED) is 0.490. The zero-order valence-corrected chi connectivity index (χ0v) is 8.80. The number of hydrogen-bond donors (Lipinski definition) is 3. The lowest BCUT2D eigenvalue weighted by Gasteiger charge is -2.44. The highest BCUT2D eigenvalue weighted by molar-refractivity contribution is 5.84. The van der Waals surface area contributed by atoms with Gasteiger partial charge >= 0.3 is 6.09 Å². The van der Waals surface area contributed by atoms with Crippen molar-refractivity contribution in [3.05, 3.63) is 0 Å². The van der Waals surface area contributed by atoms with Gasteiger partial charge in [-0.2, -0.15) is 0 Å². The summed E-state index contributed by atoms with van der Waals surface area (Å²) in [7, 11) is 0. The Morgan fingerprint density at radius 2 is 2.19 bits per heavy atom. The van der Waals surface area contributed by atoms with Crippen LogP contribution in [0.25, 0.3) is 0 Å². The fourth-order valence-corrected chi connectivity index (χ4v) is 2.19. The van der Waals surface area contributed by atoms with Gasteiger partial charge in [0, 0.05) is 26.2 Å². The molecule has 0 aromatic heterocycles. The molecule has 0 saturated carbocycles. The molecule has 7 heteroatoms. The highest BCUT2D eigenvalue weighted by atomic mass is 16.4. The van der Waals surface area contributed by atoms with E-state index in [1.54, 1.807) is 0 Å². The molecule has 0 aliphatic carbocycles. The average molecular weight is 229 g/mol. The lowest BCUT2D eigenvalue weighted by molar-refractivity contribution is -0.133. The molecule has 2 aliphatic heterocycles. The van der Waals surface area contributed by atoms with Crippen molar-refractivity contribution in [1.82, 2.24) is 15.1 Å². The molecule has 0 spiro atoms. The maximum atomic E-state index is 11.7. The number of piperazine rings is 2. The van der Waals surface area contributed by atoms with Gasteiger partial charge in [0.05, 0.1) is 12.6 Å². The maximum absolute atomic E-state index is 11.7. The van der Waals surface area contributed by atoms with E-state index in [2.05, 4.69) is 5.32 Å². The maximum Gasteiger partial charge on any atom is 0.407 e. The zero-order chi connectivity index (χ0) is 11.7. The van der Waals surface area contributed by atoms with Crippen LogP contribution in [0.4, 0.5) is 4.79 Å². The summed E-state index contributed by atoms with van der Waals surface area (Å²) in [5.41, 5.74) is 0. The highest BCUT2D eigenvalue weighted by Gasteiger charge is 2.39. The summed E-state index contributed by atoms with van der Waals surface area (Å²) in [6.07, 6.45) is -0.989. The average Bonchev–Trinajstić information content (AvgIpc) is 2.28. The van der Waals surface area contributed by atoms with Crippen LogP contribution < -0.4 is 5.32 Å². The minimum Gasteiger partial charge on any atom is -0.465 e. The number of amides is 2. The van der Waals surface area contributed by atoms with Gasteiger partial charge in [0.2, 0.25) is 5.91 Å². The zero-order valence-electron chi connectivity index (χ0n) is 8.80. The molecule has 2 aliphatic rings. The number of nitrogens with one attached hydrogen (secondary N) is 1. The molecule has 7 nitrogen and oxygen atoms in total. The summed E-state index contributed by atoms with van der Waals surface area (Å²) < 4.78 is 0. The third-order valence-electron chi connectivity index (χ3n) is 3.09. The van der Waals surface area contributed by atoms with Crippen molar-refractivity contribution in [3.63, 3.8) is 0 Å². The minimum absolute atomic E-state index is 0.0857. The van der Waals surface area contributed by atoms with Crippen LogP contribution >= 0.6 is 0 Å². The first-order chi connectivity index (χ1) is 7.61. The van der Waals surface area contributed by atoms with Crippen LogP contribution in [-0.4, -0.2) is 76.9 Å². The SMILES string of the molecule is O=C1N[C@H](CO)CN2CCN(C(=O)O)CC12. The van der Waals surface area contributed by atoms with Gasteiger partial charge in [0.15, 0.2) is 0 Å². The van der Waals surface area contributed by atoms with Gasteiger partial charge in [-0.05, 0) is 0 Å². The van der Waals surface area contributed by atoms with Crippen LogP contribution in [0.5, 0.6) is 0 Å². The monoisotopic (exact) mass is 229 g/mol. The van der Waals surface area contributed by atoms with Gasteiger partial charge in [-0.1, -0.05) is 0 Å². The van der Waals surface area contributed by atoms with Crippen molar-refractivity contribution in [3.8, 4) is 0 Å². The number of fused-ring (bicyclic) bond motifs is 1. The summed E-state index contributed by atoms with van der Waals surface area (Å²) in [5, 5.41) is 20.5. The largest absolute Gasteiger partial charge is 0.465 e. The smallest absolute Gasteiger partial charge is 0.407 e.